The van der Waals surface area contributed by atoms with Crippen molar-refractivity contribution >= 4 is 27.3 Å². The Kier molecular flexibility index (Phi) is 4.79. The minimum Gasteiger partial charge on any atom is -0.495 e. The average Bonchev–Trinajstić information content (AvgIpc) is 2.95. The summed E-state index contributed by atoms with van der Waals surface area (Å²) in [6.07, 6.45) is 3.67. The Hall–Kier alpha value is -2.54. The molecule has 1 saturated carbocycles. The molecule has 148 valence electrons. The number of nitrogens with one attached hydrogen (secondary N) is 1. The van der Waals surface area contributed by atoms with Crippen LogP contribution in [-0.2, 0) is 21.2 Å². The third kappa shape index (κ3) is 3.24. The normalized spacial score (nSPS) is 19.1. The predicted octanol–water partition coefficient (Wildman–Crippen LogP) is 3.57. The third-order valence-electron chi connectivity index (χ3n) is 5.62. The predicted molar refractivity (Wildman–Crippen MR) is 108 cm³/mol. The van der Waals surface area contributed by atoms with E-state index in [1.807, 2.05) is 11.8 Å². The molecular weight excluding hydrogens is 376 g/mol. The summed E-state index contributed by atoms with van der Waals surface area (Å²) in [6.45, 7) is 2.01. The van der Waals surface area contributed by atoms with E-state index in [0.717, 1.165) is 30.5 Å². The van der Waals surface area contributed by atoms with Crippen molar-refractivity contribution in [3.63, 3.8) is 0 Å². The molecule has 0 aromatic heterocycles. The summed E-state index contributed by atoms with van der Waals surface area (Å²) in [5, 5.41) is 0. The van der Waals surface area contributed by atoms with Crippen molar-refractivity contribution in [1.29, 1.82) is 0 Å². The molecule has 2 aliphatic rings. The second kappa shape index (κ2) is 7.13. The van der Waals surface area contributed by atoms with E-state index in [-0.39, 0.29) is 22.8 Å². The molecule has 2 aromatic carbocycles. The minimum atomic E-state index is -3.77. The molecular formula is C21H24N2O4S. The van der Waals surface area contributed by atoms with E-state index in [1.54, 1.807) is 42.5 Å². The van der Waals surface area contributed by atoms with Crippen molar-refractivity contribution in [1.82, 2.24) is 0 Å². The van der Waals surface area contributed by atoms with Crippen LogP contribution in [0.15, 0.2) is 47.4 Å². The SMILES string of the molecule is COc1ccccc1NS(=O)(=O)c1ccc2c(c1)C[C@H](C)N2C(=O)C1CCC1. The van der Waals surface area contributed by atoms with Crippen LogP contribution in [0.4, 0.5) is 11.4 Å². The van der Waals surface area contributed by atoms with Crippen LogP contribution in [0.2, 0.25) is 0 Å². The summed E-state index contributed by atoms with van der Waals surface area (Å²) in [5.74, 6) is 0.738. The van der Waals surface area contributed by atoms with E-state index in [9.17, 15) is 13.2 Å². The maximum absolute atomic E-state index is 12.9. The molecule has 1 heterocycles. The van der Waals surface area contributed by atoms with Gasteiger partial charge in [0.2, 0.25) is 5.91 Å². The second-order valence-electron chi connectivity index (χ2n) is 7.49. The standard InChI is InChI=1S/C21H24N2O4S/c1-14-12-16-13-17(10-11-19(16)23(14)21(24)15-6-5-7-15)28(25,26)22-18-8-3-4-9-20(18)27-2/h3-4,8-11,13-15,22H,5-7,12H2,1-2H3/t14-/m0/s1. The lowest BCUT2D eigenvalue weighted by atomic mass is 9.84. The van der Waals surface area contributed by atoms with Crippen LogP contribution in [-0.4, -0.2) is 27.5 Å². The number of fused-ring (bicyclic) bond motifs is 1. The molecule has 28 heavy (non-hydrogen) atoms. The summed E-state index contributed by atoms with van der Waals surface area (Å²) >= 11 is 0. The van der Waals surface area contributed by atoms with Gasteiger partial charge in [0.05, 0.1) is 17.7 Å². The highest BCUT2D eigenvalue weighted by Gasteiger charge is 2.37. The van der Waals surface area contributed by atoms with Crippen molar-refractivity contribution in [2.24, 2.45) is 5.92 Å². The number of para-hydroxylation sites is 2. The summed E-state index contributed by atoms with van der Waals surface area (Å²) in [6, 6.07) is 11.9. The van der Waals surface area contributed by atoms with Gasteiger partial charge in [-0.2, -0.15) is 0 Å². The molecule has 0 radical (unpaired) electrons. The largest absolute Gasteiger partial charge is 0.495 e. The number of rotatable bonds is 5. The molecule has 1 amide bonds. The highest BCUT2D eigenvalue weighted by atomic mass is 32.2. The quantitative estimate of drug-likeness (QED) is 0.832. The highest BCUT2D eigenvalue weighted by Crippen LogP contribution is 2.38. The Morgan fingerprint density at radius 3 is 2.61 bits per heavy atom. The number of carbonyl (C=O) groups is 1. The number of sulfonamides is 1. The van der Waals surface area contributed by atoms with Crippen molar-refractivity contribution < 1.29 is 17.9 Å². The number of carbonyl (C=O) groups excluding carboxylic acids is 1. The topological polar surface area (TPSA) is 75.7 Å². The Labute approximate surface area is 165 Å². The zero-order valence-corrected chi connectivity index (χ0v) is 16.8. The lowest BCUT2D eigenvalue weighted by molar-refractivity contribution is -0.125. The van der Waals surface area contributed by atoms with E-state index < -0.39 is 10.0 Å². The Balaban J connectivity index is 1.62. The monoisotopic (exact) mass is 400 g/mol. The Morgan fingerprint density at radius 2 is 1.93 bits per heavy atom. The molecule has 7 heteroatoms. The third-order valence-corrected chi connectivity index (χ3v) is 6.98. The number of benzene rings is 2. The van der Waals surface area contributed by atoms with Crippen molar-refractivity contribution in [3.8, 4) is 5.75 Å². The van der Waals surface area contributed by atoms with E-state index in [0.29, 0.717) is 17.9 Å². The average molecular weight is 401 g/mol. The molecule has 4 rings (SSSR count). The van der Waals surface area contributed by atoms with Gasteiger partial charge in [0.15, 0.2) is 0 Å². The van der Waals surface area contributed by atoms with Gasteiger partial charge < -0.3 is 9.64 Å². The fourth-order valence-electron chi connectivity index (χ4n) is 3.89. The maximum Gasteiger partial charge on any atom is 0.262 e. The van der Waals surface area contributed by atoms with Crippen LogP contribution in [0.3, 0.4) is 0 Å². The van der Waals surface area contributed by atoms with Crippen LogP contribution in [0.5, 0.6) is 5.75 Å². The fraction of sp³-hybridized carbons (Fsp3) is 0.381. The van der Waals surface area contributed by atoms with Gasteiger partial charge in [0.25, 0.3) is 10.0 Å². The van der Waals surface area contributed by atoms with Crippen molar-refractivity contribution in [2.45, 2.75) is 43.5 Å². The lowest BCUT2D eigenvalue weighted by Gasteiger charge is -2.32. The molecule has 2 aromatic rings. The molecule has 1 atom stereocenters. The van der Waals surface area contributed by atoms with Crippen LogP contribution in [0.25, 0.3) is 0 Å². The molecule has 0 unspecified atom stereocenters. The molecule has 1 N–H and O–H groups in total. The Bertz CT molecular complexity index is 1010. The molecule has 6 nitrogen and oxygen atoms in total. The fourth-order valence-corrected chi connectivity index (χ4v) is 5.02. The van der Waals surface area contributed by atoms with Crippen molar-refractivity contribution in [2.75, 3.05) is 16.7 Å². The molecule has 0 spiro atoms. The lowest BCUT2D eigenvalue weighted by Crippen LogP contribution is -2.42. The summed E-state index contributed by atoms with van der Waals surface area (Å²) in [4.78, 5) is 14.8. The van der Waals surface area contributed by atoms with Gasteiger partial charge >= 0.3 is 0 Å². The van der Waals surface area contributed by atoms with Gasteiger partial charge in [-0.15, -0.1) is 0 Å². The molecule has 0 saturated heterocycles. The van der Waals surface area contributed by atoms with Gasteiger partial charge in [0.1, 0.15) is 5.75 Å². The number of nitrogens with zero attached hydrogens (tertiary/aromatic N) is 1. The van der Waals surface area contributed by atoms with Gasteiger partial charge in [-0.1, -0.05) is 18.6 Å². The van der Waals surface area contributed by atoms with Crippen LogP contribution >= 0.6 is 0 Å². The number of amides is 1. The van der Waals surface area contributed by atoms with Crippen LogP contribution < -0.4 is 14.4 Å². The zero-order chi connectivity index (χ0) is 19.9. The Morgan fingerprint density at radius 1 is 1.18 bits per heavy atom. The maximum atomic E-state index is 12.9. The van der Waals surface area contributed by atoms with Crippen LogP contribution in [0, 0.1) is 5.92 Å². The van der Waals surface area contributed by atoms with Gasteiger partial charge in [-0.25, -0.2) is 8.42 Å². The summed E-state index contributed by atoms with van der Waals surface area (Å²) in [5.41, 5.74) is 2.12. The minimum absolute atomic E-state index is 0.0447. The zero-order valence-electron chi connectivity index (χ0n) is 16.0. The number of hydrogen-bond acceptors (Lipinski definition) is 4. The van der Waals surface area contributed by atoms with E-state index in [4.69, 9.17) is 4.74 Å². The number of methoxy groups -OCH3 is 1. The number of ether oxygens (including phenoxy) is 1. The second-order valence-corrected chi connectivity index (χ2v) is 9.17. The smallest absolute Gasteiger partial charge is 0.262 e. The molecule has 1 aliphatic carbocycles. The molecule has 1 aliphatic heterocycles. The first-order valence-corrected chi connectivity index (χ1v) is 11.0. The van der Waals surface area contributed by atoms with Gasteiger partial charge in [-0.3, -0.25) is 9.52 Å². The summed E-state index contributed by atoms with van der Waals surface area (Å²) in [7, 11) is -2.27. The van der Waals surface area contributed by atoms with Crippen LogP contribution in [0.1, 0.15) is 31.7 Å². The first-order chi connectivity index (χ1) is 13.4. The first-order valence-electron chi connectivity index (χ1n) is 9.52. The van der Waals surface area contributed by atoms with E-state index in [1.165, 1.54) is 7.11 Å². The number of hydrogen-bond donors (Lipinski definition) is 1. The van der Waals surface area contributed by atoms with Gasteiger partial charge in [-0.05, 0) is 62.1 Å². The van der Waals surface area contributed by atoms with Gasteiger partial charge in [0, 0.05) is 17.6 Å². The van der Waals surface area contributed by atoms with E-state index >= 15 is 0 Å². The first kappa shape index (κ1) is 18.8. The highest BCUT2D eigenvalue weighted by molar-refractivity contribution is 7.92. The molecule has 0 bridgehead atoms. The molecule has 1 fully saturated rings. The van der Waals surface area contributed by atoms with Crippen molar-refractivity contribution in [3.05, 3.63) is 48.0 Å². The number of anilines is 2. The van der Waals surface area contributed by atoms with E-state index in [2.05, 4.69) is 4.72 Å². The summed E-state index contributed by atoms with van der Waals surface area (Å²) < 4.78 is 33.6.